The van der Waals surface area contributed by atoms with E-state index in [0.717, 1.165) is 12.8 Å². The van der Waals surface area contributed by atoms with Crippen molar-refractivity contribution in [2.45, 2.75) is 58.0 Å². The van der Waals surface area contributed by atoms with Gasteiger partial charge in [0.1, 0.15) is 0 Å². The van der Waals surface area contributed by atoms with Gasteiger partial charge in [0.15, 0.2) is 0 Å². The maximum Gasteiger partial charge on any atom is 0.239 e. The average Bonchev–Trinajstić information content (AvgIpc) is 2.27. The maximum absolute atomic E-state index is 12.0. The Balaban J connectivity index is 0.00000225. The van der Waals surface area contributed by atoms with Gasteiger partial charge in [-0.1, -0.05) is 33.1 Å². The molecular weight excluding hydrogens is 224 g/mol. The van der Waals surface area contributed by atoms with Crippen molar-refractivity contribution in [3.8, 4) is 0 Å². The Morgan fingerprint density at radius 3 is 2.19 bits per heavy atom. The van der Waals surface area contributed by atoms with Crippen LogP contribution in [-0.2, 0) is 4.79 Å². The normalized spacial score (nSPS) is 19.1. The van der Waals surface area contributed by atoms with E-state index in [-0.39, 0.29) is 30.3 Å². The first-order valence-corrected chi connectivity index (χ1v) is 6.06. The van der Waals surface area contributed by atoms with E-state index in [9.17, 15) is 4.79 Å². The second-order valence-electron chi connectivity index (χ2n) is 5.01. The molecule has 96 valence electrons. The topological polar surface area (TPSA) is 46.3 Å². The fraction of sp³-hybridized carbons (Fsp3) is 0.917. The van der Waals surface area contributed by atoms with Gasteiger partial charge in [0.05, 0.1) is 6.04 Å². The van der Waals surface area contributed by atoms with Gasteiger partial charge >= 0.3 is 0 Å². The highest BCUT2D eigenvalue weighted by Crippen LogP contribution is 2.22. The van der Waals surface area contributed by atoms with E-state index in [2.05, 4.69) is 0 Å². The third kappa shape index (κ3) is 3.95. The van der Waals surface area contributed by atoms with Gasteiger partial charge < -0.3 is 10.6 Å². The van der Waals surface area contributed by atoms with Crippen LogP contribution in [0.3, 0.4) is 0 Å². The molecule has 0 aromatic heterocycles. The molecule has 0 aromatic carbocycles. The van der Waals surface area contributed by atoms with Crippen LogP contribution < -0.4 is 5.73 Å². The number of halogens is 1. The molecule has 0 bridgehead atoms. The zero-order valence-electron chi connectivity index (χ0n) is 10.6. The molecule has 0 unspecified atom stereocenters. The van der Waals surface area contributed by atoms with Gasteiger partial charge in [-0.3, -0.25) is 4.79 Å². The highest BCUT2D eigenvalue weighted by atomic mass is 35.5. The lowest BCUT2D eigenvalue weighted by atomic mass is 9.93. The third-order valence-corrected chi connectivity index (χ3v) is 3.47. The summed E-state index contributed by atoms with van der Waals surface area (Å²) in [5.74, 6) is 0.334. The first-order chi connectivity index (χ1) is 7.04. The number of amides is 1. The summed E-state index contributed by atoms with van der Waals surface area (Å²) in [4.78, 5) is 13.9. The summed E-state index contributed by atoms with van der Waals surface area (Å²) in [7, 11) is 1.90. The number of hydrogen-bond donors (Lipinski definition) is 1. The molecule has 1 aliphatic rings. The van der Waals surface area contributed by atoms with Crippen molar-refractivity contribution in [3.05, 3.63) is 0 Å². The Bertz CT molecular complexity index is 215. The predicted octanol–water partition coefficient (Wildman–Crippen LogP) is 2.18. The molecule has 4 heteroatoms. The van der Waals surface area contributed by atoms with Crippen LogP contribution in [0.2, 0.25) is 0 Å². The molecule has 1 amide bonds. The zero-order valence-corrected chi connectivity index (χ0v) is 11.4. The van der Waals surface area contributed by atoms with Gasteiger partial charge in [0.2, 0.25) is 5.91 Å². The van der Waals surface area contributed by atoms with Crippen LogP contribution >= 0.6 is 12.4 Å². The molecule has 1 saturated carbocycles. The number of carbonyl (C=O) groups excluding carboxylic acids is 1. The first kappa shape index (κ1) is 15.7. The fourth-order valence-corrected chi connectivity index (χ4v) is 2.17. The molecule has 0 aromatic rings. The smallest absolute Gasteiger partial charge is 0.239 e. The Morgan fingerprint density at radius 2 is 1.75 bits per heavy atom. The molecule has 0 heterocycles. The van der Waals surface area contributed by atoms with E-state index in [1.165, 1.54) is 19.3 Å². The second-order valence-corrected chi connectivity index (χ2v) is 5.01. The minimum absolute atomic E-state index is 0. The average molecular weight is 249 g/mol. The van der Waals surface area contributed by atoms with Crippen molar-refractivity contribution in [1.29, 1.82) is 0 Å². The van der Waals surface area contributed by atoms with Crippen LogP contribution in [0.25, 0.3) is 0 Å². The van der Waals surface area contributed by atoms with Crippen molar-refractivity contribution < 1.29 is 4.79 Å². The molecular formula is C12H25ClN2O. The minimum atomic E-state index is -0.336. The Morgan fingerprint density at radius 1 is 1.25 bits per heavy atom. The SMILES string of the molecule is CC(C)[C@@H](N)C(=O)N(C)C1CCCCC1.Cl. The quantitative estimate of drug-likeness (QED) is 0.832. The van der Waals surface area contributed by atoms with Crippen LogP contribution in [0.5, 0.6) is 0 Å². The van der Waals surface area contributed by atoms with E-state index < -0.39 is 0 Å². The summed E-state index contributed by atoms with van der Waals surface area (Å²) in [5, 5.41) is 0. The van der Waals surface area contributed by atoms with Gasteiger partial charge in [0.25, 0.3) is 0 Å². The third-order valence-electron chi connectivity index (χ3n) is 3.47. The lowest BCUT2D eigenvalue weighted by Gasteiger charge is -2.33. The first-order valence-electron chi connectivity index (χ1n) is 6.06. The van der Waals surface area contributed by atoms with Gasteiger partial charge in [0, 0.05) is 13.1 Å². The summed E-state index contributed by atoms with van der Waals surface area (Å²) < 4.78 is 0. The van der Waals surface area contributed by atoms with Crippen molar-refractivity contribution in [1.82, 2.24) is 4.90 Å². The lowest BCUT2D eigenvalue weighted by Crippen LogP contribution is -2.49. The summed E-state index contributed by atoms with van der Waals surface area (Å²) >= 11 is 0. The van der Waals surface area contributed by atoms with E-state index in [4.69, 9.17) is 5.73 Å². The second kappa shape index (κ2) is 7.13. The van der Waals surface area contributed by atoms with Crippen molar-refractivity contribution in [3.63, 3.8) is 0 Å². The van der Waals surface area contributed by atoms with E-state index in [1.54, 1.807) is 0 Å². The van der Waals surface area contributed by atoms with Crippen molar-refractivity contribution in [2.75, 3.05) is 7.05 Å². The van der Waals surface area contributed by atoms with Gasteiger partial charge in [-0.05, 0) is 18.8 Å². The largest absolute Gasteiger partial charge is 0.341 e. The molecule has 0 saturated heterocycles. The van der Waals surface area contributed by atoms with Gasteiger partial charge in [-0.2, -0.15) is 0 Å². The molecule has 2 N–H and O–H groups in total. The molecule has 0 radical (unpaired) electrons. The van der Waals surface area contributed by atoms with Crippen LogP contribution in [0.1, 0.15) is 46.0 Å². The minimum Gasteiger partial charge on any atom is -0.341 e. The maximum atomic E-state index is 12.0. The molecule has 16 heavy (non-hydrogen) atoms. The van der Waals surface area contributed by atoms with Crippen LogP contribution in [0, 0.1) is 5.92 Å². The number of hydrogen-bond acceptors (Lipinski definition) is 2. The summed E-state index contributed by atoms with van der Waals surface area (Å²) in [6, 6.07) is 0.0907. The van der Waals surface area contributed by atoms with Crippen LogP contribution in [-0.4, -0.2) is 29.9 Å². The van der Waals surface area contributed by atoms with Crippen molar-refractivity contribution >= 4 is 18.3 Å². The van der Waals surface area contributed by atoms with Gasteiger partial charge in [-0.25, -0.2) is 0 Å². The number of rotatable bonds is 3. The molecule has 1 rings (SSSR count). The summed E-state index contributed by atoms with van der Waals surface area (Å²) in [6.07, 6.45) is 6.10. The van der Waals surface area contributed by atoms with Crippen LogP contribution in [0.4, 0.5) is 0 Å². The predicted molar refractivity (Wildman–Crippen MR) is 69.7 cm³/mol. The highest BCUT2D eigenvalue weighted by molar-refractivity contribution is 5.85. The fourth-order valence-electron chi connectivity index (χ4n) is 2.17. The van der Waals surface area contributed by atoms with Crippen LogP contribution in [0.15, 0.2) is 0 Å². The lowest BCUT2D eigenvalue weighted by molar-refractivity contribution is -0.134. The molecule has 3 nitrogen and oxygen atoms in total. The summed E-state index contributed by atoms with van der Waals surface area (Å²) in [6.45, 7) is 3.99. The molecule has 0 spiro atoms. The highest BCUT2D eigenvalue weighted by Gasteiger charge is 2.27. The van der Waals surface area contributed by atoms with Crippen molar-refractivity contribution in [2.24, 2.45) is 11.7 Å². The van der Waals surface area contributed by atoms with E-state index in [1.807, 2.05) is 25.8 Å². The standard InChI is InChI=1S/C12H24N2O.ClH/c1-9(2)11(13)12(15)14(3)10-7-5-4-6-8-10;/h9-11H,4-8,13H2,1-3H3;1H/t11-;/m1./s1. The number of nitrogens with two attached hydrogens (primary N) is 1. The Labute approximate surface area is 105 Å². The monoisotopic (exact) mass is 248 g/mol. The Hall–Kier alpha value is -0.280. The molecule has 1 fully saturated rings. The number of carbonyl (C=O) groups is 1. The van der Waals surface area contributed by atoms with E-state index in [0.29, 0.717) is 6.04 Å². The molecule has 1 aliphatic carbocycles. The summed E-state index contributed by atoms with van der Waals surface area (Å²) in [5.41, 5.74) is 5.88. The number of nitrogens with zero attached hydrogens (tertiary/aromatic N) is 1. The number of likely N-dealkylation sites (N-methyl/N-ethyl adjacent to an activating group) is 1. The Kier molecular flexibility index (Phi) is 7.00. The molecule has 0 aliphatic heterocycles. The van der Waals surface area contributed by atoms with E-state index >= 15 is 0 Å². The zero-order chi connectivity index (χ0) is 11.4. The van der Waals surface area contributed by atoms with Gasteiger partial charge in [-0.15, -0.1) is 12.4 Å². The molecule has 1 atom stereocenters.